The molecule has 2 aromatic carbocycles. The fourth-order valence-electron chi connectivity index (χ4n) is 5.95. The molecule has 14 heteroatoms. The molecule has 1 aliphatic rings. The van der Waals surface area contributed by atoms with E-state index in [4.69, 9.17) is 9.47 Å². The van der Waals surface area contributed by atoms with Crippen LogP contribution in [0.15, 0.2) is 54.6 Å². The molecule has 4 amide bonds. The molecule has 2 aromatic rings. The molecule has 1 saturated carbocycles. The fourth-order valence-corrected chi connectivity index (χ4v) is 6.51. The van der Waals surface area contributed by atoms with Crippen LogP contribution in [0.3, 0.4) is 0 Å². The van der Waals surface area contributed by atoms with Gasteiger partial charge in [0.05, 0.1) is 13.0 Å². The largest absolute Gasteiger partial charge is 0.508 e. The average Bonchev–Trinajstić information content (AvgIpc) is 3.11. The predicted molar refractivity (Wildman–Crippen MR) is 202 cm³/mol. The van der Waals surface area contributed by atoms with Crippen LogP contribution >= 0.6 is 0 Å². The van der Waals surface area contributed by atoms with Crippen LogP contribution in [0, 0.1) is 5.92 Å². The number of ether oxygens (including phenoxy) is 2. The van der Waals surface area contributed by atoms with Gasteiger partial charge in [-0.25, -0.2) is 4.79 Å². The molecule has 4 atom stereocenters. The number of phenolic OH excluding ortho intramolecular Hbond substituents is 1. The molecule has 0 spiro atoms. The van der Waals surface area contributed by atoms with Crippen molar-refractivity contribution in [3.63, 3.8) is 0 Å². The summed E-state index contributed by atoms with van der Waals surface area (Å²) in [5.41, 5.74) is 0.543. The molecule has 0 heterocycles. The van der Waals surface area contributed by atoms with Crippen molar-refractivity contribution < 1.29 is 42.8 Å². The maximum absolute atomic E-state index is 13.9. The molecule has 0 bridgehead atoms. The van der Waals surface area contributed by atoms with Gasteiger partial charge in [-0.05, 0) is 69.2 Å². The summed E-state index contributed by atoms with van der Waals surface area (Å²) >= 11 is 0. The van der Waals surface area contributed by atoms with Crippen LogP contribution < -0.4 is 16.0 Å². The van der Waals surface area contributed by atoms with E-state index < -0.39 is 64.3 Å². The molecule has 1 aliphatic carbocycles. The minimum absolute atomic E-state index is 0.00239. The summed E-state index contributed by atoms with van der Waals surface area (Å²) < 4.78 is 23.0. The van der Waals surface area contributed by atoms with E-state index in [0.717, 1.165) is 31.2 Å². The third-order valence-corrected chi connectivity index (χ3v) is 9.65. The summed E-state index contributed by atoms with van der Waals surface area (Å²) in [6.07, 6.45) is 6.31. The first kappa shape index (κ1) is 42.9. The minimum atomic E-state index is -1.32. The highest BCUT2D eigenvalue weighted by molar-refractivity contribution is 7.84. The van der Waals surface area contributed by atoms with Crippen LogP contribution in [0.4, 0.5) is 4.79 Å². The Balaban J connectivity index is 1.76. The third kappa shape index (κ3) is 16.4. The van der Waals surface area contributed by atoms with Gasteiger partial charge in [0.2, 0.25) is 17.7 Å². The number of carbonyl (C=O) groups excluding carboxylic acids is 5. The zero-order valence-corrected chi connectivity index (χ0v) is 32.4. The Bertz CT molecular complexity index is 1530. The van der Waals surface area contributed by atoms with Crippen LogP contribution in [0.2, 0.25) is 0 Å². The summed E-state index contributed by atoms with van der Waals surface area (Å²) in [4.78, 5) is 68.3. The van der Waals surface area contributed by atoms with Crippen LogP contribution in [0.25, 0.3) is 0 Å². The van der Waals surface area contributed by atoms with Crippen molar-refractivity contribution in [2.24, 2.45) is 5.92 Å². The molecule has 0 radical (unpaired) electrons. The summed E-state index contributed by atoms with van der Waals surface area (Å²) in [5, 5.41) is 17.8. The summed E-state index contributed by atoms with van der Waals surface area (Å²) in [7, 11) is 0.235. The van der Waals surface area contributed by atoms with Crippen molar-refractivity contribution in [2.45, 2.75) is 102 Å². The number of phenols is 1. The number of nitrogens with one attached hydrogen (secondary N) is 3. The van der Waals surface area contributed by atoms with Gasteiger partial charge in [-0.3, -0.25) is 23.4 Å². The monoisotopic (exact) mass is 756 g/mol. The minimum Gasteiger partial charge on any atom is -0.508 e. The van der Waals surface area contributed by atoms with Crippen LogP contribution in [-0.4, -0.2) is 99.9 Å². The maximum Gasteiger partial charge on any atom is 0.408 e. The zero-order chi connectivity index (χ0) is 39.0. The Morgan fingerprint density at radius 2 is 1.43 bits per heavy atom. The number of esters is 1. The van der Waals surface area contributed by atoms with E-state index in [9.17, 15) is 33.3 Å². The number of aromatic hydroxyl groups is 1. The smallest absolute Gasteiger partial charge is 0.408 e. The molecule has 53 heavy (non-hydrogen) atoms. The second-order valence-electron chi connectivity index (χ2n) is 14.6. The number of amides is 4. The van der Waals surface area contributed by atoms with Crippen molar-refractivity contribution in [1.29, 1.82) is 0 Å². The predicted octanol–water partition coefficient (Wildman–Crippen LogP) is 3.78. The number of benzene rings is 2. The highest BCUT2D eigenvalue weighted by Gasteiger charge is 2.32. The SMILES string of the molecule is CN(CCC(=O)OCC1CCCCC1)C(=O)[C@H](Cc1ccccc1)NC(=O)[C@@H](CCS(C)=O)NC(=O)[C@H](Cc1ccc(O)cc1)NC(=O)OC(C)(C)C. The van der Waals surface area contributed by atoms with Crippen molar-refractivity contribution in [1.82, 2.24) is 20.9 Å². The van der Waals surface area contributed by atoms with Crippen molar-refractivity contribution >= 4 is 40.6 Å². The van der Waals surface area contributed by atoms with Crippen molar-refractivity contribution in [3.8, 4) is 5.75 Å². The van der Waals surface area contributed by atoms with E-state index in [1.807, 2.05) is 30.3 Å². The standard InChI is InChI=1S/C39H56N4O9S/c1-39(2,3)52-38(49)42-32(24-28-16-18-30(44)19-17-28)36(47)40-31(21-23-53(5)50)35(46)41-33(25-27-12-8-6-9-13-27)37(48)43(4)22-20-34(45)51-26-29-14-10-7-11-15-29/h6,8-9,12-13,16-19,29,31-33,44H,7,10-11,14-15,20-26H2,1-5H3,(H,40,47)(H,41,46)(H,42,49)/t31-,32+,33+,53?/m1/s1. The van der Waals surface area contributed by atoms with Crippen LogP contribution in [0.1, 0.15) is 76.8 Å². The summed E-state index contributed by atoms with van der Waals surface area (Å²) in [5.74, 6) is -1.76. The van der Waals surface area contributed by atoms with Gasteiger partial charge in [0.1, 0.15) is 29.5 Å². The Labute approximate surface area is 315 Å². The summed E-state index contributed by atoms with van der Waals surface area (Å²) in [6, 6.07) is 11.7. The second-order valence-corrected chi connectivity index (χ2v) is 16.2. The van der Waals surface area contributed by atoms with Gasteiger partial charge < -0.3 is 35.4 Å². The zero-order valence-electron chi connectivity index (χ0n) is 31.6. The molecule has 4 N–H and O–H groups in total. The second kappa shape index (κ2) is 21.3. The molecule has 0 aromatic heterocycles. The Morgan fingerprint density at radius 3 is 2.06 bits per heavy atom. The van der Waals surface area contributed by atoms with E-state index >= 15 is 0 Å². The molecular weight excluding hydrogens is 701 g/mol. The number of nitrogens with zero attached hydrogens (tertiary/aromatic N) is 1. The molecule has 1 unspecified atom stereocenters. The molecule has 1 fully saturated rings. The number of hydrogen-bond acceptors (Lipinski definition) is 9. The molecular formula is C39H56N4O9S. The number of alkyl carbamates (subject to hydrolysis) is 1. The number of rotatable bonds is 18. The molecule has 13 nitrogen and oxygen atoms in total. The third-order valence-electron chi connectivity index (χ3n) is 8.84. The average molecular weight is 757 g/mol. The van der Waals surface area contributed by atoms with Crippen molar-refractivity contribution in [3.05, 3.63) is 65.7 Å². The lowest BCUT2D eigenvalue weighted by atomic mass is 9.90. The first-order chi connectivity index (χ1) is 25.1. The van der Waals surface area contributed by atoms with Crippen LogP contribution in [-0.2, 0) is 52.3 Å². The van der Waals surface area contributed by atoms with E-state index in [2.05, 4.69) is 16.0 Å². The first-order valence-corrected chi connectivity index (χ1v) is 19.9. The lowest BCUT2D eigenvalue weighted by Crippen LogP contribution is -2.58. The normalized spacial score (nSPS) is 15.6. The highest BCUT2D eigenvalue weighted by Crippen LogP contribution is 2.24. The van der Waals surface area contributed by atoms with E-state index in [-0.39, 0.29) is 43.7 Å². The van der Waals surface area contributed by atoms with E-state index in [0.29, 0.717) is 18.1 Å². The molecule has 292 valence electrons. The summed E-state index contributed by atoms with van der Waals surface area (Å²) in [6.45, 7) is 5.50. The Hall–Kier alpha value is -4.46. The molecule has 3 rings (SSSR count). The van der Waals surface area contributed by atoms with Gasteiger partial charge in [-0.1, -0.05) is 61.7 Å². The first-order valence-electron chi connectivity index (χ1n) is 18.2. The maximum atomic E-state index is 13.9. The lowest BCUT2D eigenvalue weighted by molar-refractivity contribution is -0.146. The highest BCUT2D eigenvalue weighted by atomic mass is 32.2. The van der Waals surface area contributed by atoms with Gasteiger partial charge in [0, 0.05) is 49.2 Å². The fraction of sp³-hybridized carbons (Fsp3) is 0.564. The van der Waals surface area contributed by atoms with Gasteiger partial charge >= 0.3 is 12.1 Å². The molecule has 0 saturated heterocycles. The van der Waals surface area contributed by atoms with Gasteiger partial charge in [-0.15, -0.1) is 0 Å². The lowest BCUT2D eigenvalue weighted by Gasteiger charge is -2.28. The number of carbonyl (C=O) groups is 5. The Morgan fingerprint density at radius 1 is 0.849 bits per heavy atom. The Kier molecular flexibility index (Phi) is 17.3. The number of likely N-dealkylation sites (N-methyl/N-ethyl adjacent to an activating group) is 1. The van der Waals surface area contributed by atoms with Gasteiger partial charge in [0.25, 0.3) is 0 Å². The van der Waals surface area contributed by atoms with Gasteiger partial charge in [0.15, 0.2) is 0 Å². The topological polar surface area (TPSA) is 180 Å². The van der Waals surface area contributed by atoms with E-state index in [1.165, 1.54) is 29.7 Å². The van der Waals surface area contributed by atoms with Crippen LogP contribution in [0.5, 0.6) is 5.75 Å². The van der Waals surface area contributed by atoms with E-state index in [1.54, 1.807) is 40.0 Å². The quantitative estimate of drug-likeness (QED) is 0.165. The number of hydrogen-bond donors (Lipinski definition) is 4. The van der Waals surface area contributed by atoms with Gasteiger partial charge in [-0.2, -0.15) is 0 Å². The molecule has 0 aliphatic heterocycles. The van der Waals surface area contributed by atoms with Crippen molar-refractivity contribution in [2.75, 3.05) is 32.2 Å².